The normalized spacial score (nSPS) is 19.7. The van der Waals surface area contributed by atoms with E-state index in [0.29, 0.717) is 23.8 Å². The molecule has 2 aromatic rings. The minimum atomic E-state index is -1.31. The number of carboxylic acids is 1. The molecule has 0 aromatic heterocycles. The molecule has 2 saturated heterocycles. The van der Waals surface area contributed by atoms with Crippen molar-refractivity contribution in [3.63, 3.8) is 0 Å². The van der Waals surface area contributed by atoms with E-state index in [2.05, 4.69) is 4.90 Å². The van der Waals surface area contributed by atoms with Crippen LogP contribution in [0.5, 0.6) is 0 Å². The van der Waals surface area contributed by atoms with Crippen molar-refractivity contribution in [2.24, 2.45) is 0 Å². The topological polar surface area (TPSA) is 90.0 Å². The van der Waals surface area contributed by atoms with E-state index in [1.807, 2.05) is 12.1 Å². The van der Waals surface area contributed by atoms with Gasteiger partial charge in [-0.15, -0.1) is 11.8 Å². The van der Waals surface area contributed by atoms with Crippen molar-refractivity contribution in [1.82, 2.24) is 0 Å². The van der Waals surface area contributed by atoms with Gasteiger partial charge in [-0.2, -0.15) is 0 Å². The molecule has 2 fully saturated rings. The van der Waals surface area contributed by atoms with Crippen molar-refractivity contribution in [3.8, 4) is 0 Å². The highest BCUT2D eigenvalue weighted by Crippen LogP contribution is 2.35. The molecule has 8 heteroatoms. The summed E-state index contributed by atoms with van der Waals surface area (Å²) in [5, 5.41) is 10.6. The molecule has 0 spiro atoms. The van der Waals surface area contributed by atoms with Crippen LogP contribution in [-0.2, 0) is 14.3 Å². The first-order valence-corrected chi connectivity index (χ1v) is 10.2. The Hall–Kier alpha value is -2.84. The minimum Gasteiger partial charge on any atom is -0.545 e. The summed E-state index contributed by atoms with van der Waals surface area (Å²) in [5.41, 5.74) is 1.56. The van der Waals surface area contributed by atoms with Crippen molar-refractivity contribution >= 4 is 40.9 Å². The first kappa shape index (κ1) is 19.5. The number of amides is 2. The molecular weight excluding hydrogens is 392 g/mol. The molecule has 2 heterocycles. The number of thioether (sulfide) groups is 1. The molecule has 0 radical (unpaired) electrons. The van der Waals surface area contributed by atoms with Gasteiger partial charge in [-0.1, -0.05) is 18.2 Å². The number of ether oxygens (including phenoxy) is 1. The zero-order valence-corrected chi connectivity index (χ0v) is 16.4. The molecule has 2 aromatic carbocycles. The second-order valence-corrected chi connectivity index (χ2v) is 8.02. The number of imide groups is 1. The number of benzene rings is 2. The molecule has 4 rings (SSSR count). The molecule has 0 unspecified atom stereocenters. The zero-order valence-electron chi connectivity index (χ0n) is 15.6. The maximum atomic E-state index is 12.9. The van der Waals surface area contributed by atoms with Gasteiger partial charge in [-0.25, -0.2) is 4.90 Å². The third kappa shape index (κ3) is 3.99. The first-order chi connectivity index (χ1) is 14.0. The molecular formula is C21H19N2O5S-. The molecule has 2 amide bonds. The van der Waals surface area contributed by atoms with Crippen LogP contribution in [0, 0.1) is 0 Å². The van der Waals surface area contributed by atoms with Crippen molar-refractivity contribution in [2.75, 3.05) is 36.1 Å². The van der Waals surface area contributed by atoms with Crippen molar-refractivity contribution in [3.05, 3.63) is 54.1 Å². The number of nitrogens with zero attached hydrogens (tertiary/aromatic N) is 2. The molecule has 29 heavy (non-hydrogen) atoms. The van der Waals surface area contributed by atoms with Crippen LogP contribution in [0.15, 0.2) is 53.4 Å². The standard InChI is InChI=1S/C21H20N2O5S/c24-19-13-18(29-17-4-2-1-3-16(17)21(26)27)20(25)23(19)15-7-5-14(6-8-15)22-9-11-28-12-10-22/h1-8,18H,9-13H2,(H,26,27)/p-1/t18-/m1/s1. The van der Waals surface area contributed by atoms with Crippen LogP contribution < -0.4 is 14.9 Å². The third-order valence-corrected chi connectivity index (χ3v) is 6.23. The van der Waals surface area contributed by atoms with Crippen LogP contribution in [0.2, 0.25) is 0 Å². The Bertz CT molecular complexity index is 940. The van der Waals surface area contributed by atoms with Gasteiger partial charge in [-0.3, -0.25) is 9.59 Å². The lowest BCUT2D eigenvalue weighted by Crippen LogP contribution is -2.36. The summed E-state index contributed by atoms with van der Waals surface area (Å²) < 4.78 is 5.36. The lowest BCUT2D eigenvalue weighted by Gasteiger charge is -2.29. The fourth-order valence-electron chi connectivity index (χ4n) is 3.49. The van der Waals surface area contributed by atoms with E-state index in [1.165, 1.54) is 11.0 Å². The number of morpholine rings is 1. The molecule has 0 N–H and O–H groups in total. The maximum Gasteiger partial charge on any atom is 0.247 e. The van der Waals surface area contributed by atoms with Gasteiger partial charge in [0.2, 0.25) is 11.8 Å². The fraction of sp³-hybridized carbons (Fsp3) is 0.286. The van der Waals surface area contributed by atoms with E-state index in [4.69, 9.17) is 4.74 Å². The van der Waals surface area contributed by atoms with E-state index >= 15 is 0 Å². The van der Waals surface area contributed by atoms with E-state index < -0.39 is 11.2 Å². The number of hydrogen-bond donors (Lipinski definition) is 0. The van der Waals surface area contributed by atoms with Crippen molar-refractivity contribution < 1.29 is 24.2 Å². The molecule has 7 nitrogen and oxygen atoms in total. The van der Waals surface area contributed by atoms with Crippen LogP contribution in [0.25, 0.3) is 0 Å². The minimum absolute atomic E-state index is 0.0195. The van der Waals surface area contributed by atoms with Gasteiger partial charge in [0.1, 0.15) is 0 Å². The highest BCUT2D eigenvalue weighted by molar-refractivity contribution is 8.00. The number of anilines is 2. The van der Waals surface area contributed by atoms with Gasteiger partial charge in [0.25, 0.3) is 0 Å². The van der Waals surface area contributed by atoms with E-state index in [-0.39, 0.29) is 23.8 Å². The number of carboxylic acid groups (broad SMARTS) is 1. The Labute approximate surface area is 172 Å². The van der Waals surface area contributed by atoms with Crippen LogP contribution >= 0.6 is 11.8 Å². The van der Waals surface area contributed by atoms with E-state index in [9.17, 15) is 19.5 Å². The SMILES string of the molecule is O=C([O-])c1ccccc1S[C@@H]1CC(=O)N(c2ccc(N3CCOCC3)cc2)C1=O. The van der Waals surface area contributed by atoms with Crippen LogP contribution in [-0.4, -0.2) is 49.3 Å². The number of carbonyl (C=O) groups is 3. The van der Waals surface area contributed by atoms with Gasteiger partial charge >= 0.3 is 0 Å². The second-order valence-electron chi connectivity index (χ2n) is 6.78. The lowest BCUT2D eigenvalue weighted by molar-refractivity contribution is -0.255. The molecule has 0 bridgehead atoms. The van der Waals surface area contributed by atoms with Crippen molar-refractivity contribution in [1.29, 1.82) is 0 Å². The Balaban J connectivity index is 1.50. The van der Waals surface area contributed by atoms with Gasteiger partial charge in [0, 0.05) is 35.7 Å². The molecule has 2 aliphatic rings. The summed E-state index contributed by atoms with van der Waals surface area (Å²) in [4.78, 5) is 40.5. The number of carbonyl (C=O) groups excluding carboxylic acids is 3. The number of rotatable bonds is 5. The van der Waals surface area contributed by atoms with Crippen LogP contribution in [0.1, 0.15) is 16.8 Å². The van der Waals surface area contributed by atoms with Crippen LogP contribution in [0.4, 0.5) is 11.4 Å². The summed E-state index contributed by atoms with van der Waals surface area (Å²) >= 11 is 1.09. The lowest BCUT2D eigenvalue weighted by atomic mass is 10.2. The van der Waals surface area contributed by atoms with Gasteiger partial charge in [0.05, 0.1) is 30.1 Å². The molecule has 150 valence electrons. The molecule has 1 atom stereocenters. The van der Waals surface area contributed by atoms with Gasteiger partial charge in [-0.05, 0) is 30.3 Å². The summed E-state index contributed by atoms with van der Waals surface area (Å²) in [6.07, 6.45) is 0.0239. The zero-order chi connectivity index (χ0) is 20.4. The largest absolute Gasteiger partial charge is 0.545 e. The predicted octanol–water partition coefficient (Wildman–Crippen LogP) is 1.31. The summed E-state index contributed by atoms with van der Waals surface area (Å²) in [6, 6.07) is 13.7. The Morgan fingerprint density at radius 3 is 2.34 bits per heavy atom. The predicted molar refractivity (Wildman–Crippen MR) is 107 cm³/mol. The second kappa shape index (κ2) is 8.26. The molecule has 0 saturated carbocycles. The van der Waals surface area contributed by atoms with E-state index in [0.717, 1.165) is 30.5 Å². The Morgan fingerprint density at radius 2 is 1.66 bits per heavy atom. The van der Waals surface area contributed by atoms with E-state index in [1.54, 1.807) is 30.3 Å². The molecule has 0 aliphatic carbocycles. The number of hydrogen-bond acceptors (Lipinski definition) is 7. The smallest absolute Gasteiger partial charge is 0.247 e. The van der Waals surface area contributed by atoms with Gasteiger partial charge in [0.15, 0.2) is 0 Å². The Kier molecular flexibility index (Phi) is 5.55. The maximum absolute atomic E-state index is 12.9. The average Bonchev–Trinajstić information content (AvgIpc) is 3.02. The molecule has 2 aliphatic heterocycles. The van der Waals surface area contributed by atoms with Gasteiger partial charge < -0.3 is 19.5 Å². The summed E-state index contributed by atoms with van der Waals surface area (Å²) in [5.74, 6) is -1.94. The fourth-order valence-corrected chi connectivity index (χ4v) is 4.67. The quantitative estimate of drug-likeness (QED) is 0.685. The van der Waals surface area contributed by atoms with Crippen LogP contribution in [0.3, 0.4) is 0 Å². The highest BCUT2D eigenvalue weighted by atomic mass is 32.2. The highest BCUT2D eigenvalue weighted by Gasteiger charge is 2.40. The third-order valence-electron chi connectivity index (χ3n) is 4.97. The summed E-state index contributed by atoms with van der Waals surface area (Å²) in [6.45, 7) is 2.96. The average molecular weight is 411 g/mol. The number of aromatic carboxylic acids is 1. The van der Waals surface area contributed by atoms with Crippen molar-refractivity contribution in [2.45, 2.75) is 16.6 Å². The monoisotopic (exact) mass is 411 g/mol. The summed E-state index contributed by atoms with van der Waals surface area (Å²) in [7, 11) is 0. The first-order valence-electron chi connectivity index (χ1n) is 9.31. The Morgan fingerprint density at radius 1 is 1.00 bits per heavy atom.